The smallest absolute Gasteiger partial charge is 0.118 e. The molecule has 4 heteroatoms. The highest BCUT2D eigenvalue weighted by atomic mass is 16.3. The monoisotopic (exact) mass is 658 g/mol. The molecule has 0 saturated heterocycles. The Hall–Kier alpha value is -3.92. The Balaban J connectivity index is 1.19. The first-order chi connectivity index (χ1) is 23.5. The van der Waals surface area contributed by atoms with Crippen molar-refractivity contribution in [1.82, 2.24) is 0 Å². The van der Waals surface area contributed by atoms with Gasteiger partial charge in [-0.2, -0.15) is 0 Å². The molecule has 4 nitrogen and oxygen atoms in total. The number of phenolic OH excluding ortho intramolecular Hbond substituents is 4. The summed E-state index contributed by atoms with van der Waals surface area (Å²) in [4.78, 5) is 0. The molecule has 3 aliphatic carbocycles. The van der Waals surface area contributed by atoms with Gasteiger partial charge in [0.25, 0.3) is 0 Å². The third kappa shape index (κ3) is 5.69. The van der Waals surface area contributed by atoms with Crippen molar-refractivity contribution in [3.05, 3.63) is 117 Å². The maximum atomic E-state index is 10.4. The van der Waals surface area contributed by atoms with Crippen LogP contribution in [-0.4, -0.2) is 20.4 Å². The minimum atomic E-state index is -0.137. The Labute approximate surface area is 292 Å². The van der Waals surface area contributed by atoms with Gasteiger partial charge in [-0.25, -0.2) is 0 Å². The Kier molecular flexibility index (Phi) is 8.74. The van der Waals surface area contributed by atoms with Crippen LogP contribution in [0.25, 0.3) is 0 Å². The van der Waals surface area contributed by atoms with E-state index in [1.807, 2.05) is 52.0 Å². The van der Waals surface area contributed by atoms with Gasteiger partial charge in [-0.1, -0.05) is 61.4 Å². The highest BCUT2D eigenvalue weighted by molar-refractivity contribution is 5.49. The molecule has 3 saturated carbocycles. The summed E-state index contributed by atoms with van der Waals surface area (Å²) in [6, 6.07) is 24.8. The average molecular weight is 659 g/mol. The van der Waals surface area contributed by atoms with Crippen LogP contribution in [0.3, 0.4) is 0 Å². The fourth-order valence-electron chi connectivity index (χ4n) is 10.9. The molecule has 3 fully saturated rings. The second-order valence-electron chi connectivity index (χ2n) is 16.2. The first-order valence-corrected chi connectivity index (χ1v) is 18.7. The predicted molar refractivity (Wildman–Crippen MR) is 198 cm³/mol. The summed E-state index contributed by atoms with van der Waals surface area (Å²) in [6.07, 6.45) is 14.4. The first kappa shape index (κ1) is 33.6. The molecule has 258 valence electrons. The van der Waals surface area contributed by atoms with E-state index in [2.05, 4.69) is 48.5 Å². The van der Waals surface area contributed by atoms with Gasteiger partial charge < -0.3 is 20.4 Å². The number of rotatable bonds is 6. The number of benzene rings is 4. The zero-order chi connectivity index (χ0) is 34.6. The number of phenols is 4. The van der Waals surface area contributed by atoms with Crippen molar-refractivity contribution in [2.24, 2.45) is 17.3 Å². The Morgan fingerprint density at radius 3 is 0.918 bits per heavy atom. The predicted octanol–water partition coefficient (Wildman–Crippen LogP) is 11.0. The van der Waals surface area contributed by atoms with Gasteiger partial charge in [-0.15, -0.1) is 0 Å². The van der Waals surface area contributed by atoms with Crippen molar-refractivity contribution in [2.45, 2.75) is 116 Å². The van der Waals surface area contributed by atoms with Crippen LogP contribution in [0.1, 0.15) is 122 Å². The molecule has 3 aliphatic rings. The lowest BCUT2D eigenvalue weighted by Gasteiger charge is -2.53. The highest BCUT2D eigenvalue weighted by Gasteiger charge is 2.52. The summed E-state index contributed by atoms with van der Waals surface area (Å²) >= 11 is 0. The molecular weight excluding hydrogens is 604 g/mol. The molecule has 0 aliphatic heterocycles. The van der Waals surface area contributed by atoms with Crippen LogP contribution >= 0.6 is 0 Å². The third-order valence-corrected chi connectivity index (χ3v) is 13.8. The second-order valence-corrected chi connectivity index (χ2v) is 16.2. The van der Waals surface area contributed by atoms with Crippen LogP contribution in [0.4, 0.5) is 0 Å². The maximum absolute atomic E-state index is 10.4. The molecule has 0 aromatic heterocycles. The molecular formula is C45H54O4. The molecule has 0 unspecified atom stereocenters. The zero-order valence-electron chi connectivity index (χ0n) is 29.9. The van der Waals surface area contributed by atoms with Gasteiger partial charge in [-0.05, 0) is 178 Å². The molecule has 0 amide bonds. The lowest BCUT2D eigenvalue weighted by atomic mass is 9.51. The lowest BCUT2D eigenvalue weighted by Crippen LogP contribution is -2.45. The average Bonchev–Trinajstić information content (AvgIpc) is 3.61. The number of hydrogen-bond donors (Lipinski definition) is 4. The van der Waals surface area contributed by atoms with E-state index in [-0.39, 0.29) is 10.8 Å². The van der Waals surface area contributed by atoms with Crippen molar-refractivity contribution in [1.29, 1.82) is 0 Å². The van der Waals surface area contributed by atoms with Gasteiger partial charge in [0.15, 0.2) is 0 Å². The minimum absolute atomic E-state index is 0.137. The molecule has 7 rings (SSSR count). The number of hydrogen-bond acceptors (Lipinski definition) is 4. The minimum Gasteiger partial charge on any atom is -0.508 e. The van der Waals surface area contributed by atoms with Gasteiger partial charge in [0.1, 0.15) is 23.0 Å². The van der Waals surface area contributed by atoms with E-state index in [4.69, 9.17) is 0 Å². The van der Waals surface area contributed by atoms with Gasteiger partial charge in [0, 0.05) is 10.8 Å². The lowest BCUT2D eigenvalue weighted by molar-refractivity contribution is 0.00992. The Bertz CT molecular complexity index is 1600. The van der Waals surface area contributed by atoms with Crippen LogP contribution in [0.5, 0.6) is 23.0 Å². The van der Waals surface area contributed by atoms with E-state index in [1.54, 1.807) is 0 Å². The van der Waals surface area contributed by atoms with Crippen molar-refractivity contribution in [3.63, 3.8) is 0 Å². The highest BCUT2D eigenvalue weighted by Crippen LogP contribution is 2.62. The zero-order valence-corrected chi connectivity index (χ0v) is 29.9. The van der Waals surface area contributed by atoms with E-state index in [9.17, 15) is 20.4 Å². The van der Waals surface area contributed by atoms with E-state index in [1.165, 1.54) is 73.6 Å². The summed E-state index contributed by atoms with van der Waals surface area (Å²) in [5, 5.41) is 41.7. The van der Waals surface area contributed by atoms with E-state index in [0.717, 1.165) is 47.9 Å². The molecule has 4 aromatic rings. The van der Waals surface area contributed by atoms with E-state index in [0.29, 0.717) is 40.2 Å². The van der Waals surface area contributed by atoms with E-state index < -0.39 is 0 Å². The largest absolute Gasteiger partial charge is 0.508 e. The summed E-state index contributed by atoms with van der Waals surface area (Å²) in [5.41, 5.74) is 8.88. The Morgan fingerprint density at radius 2 is 0.673 bits per heavy atom. The van der Waals surface area contributed by atoms with Crippen molar-refractivity contribution >= 4 is 0 Å². The molecule has 0 spiro atoms. The van der Waals surface area contributed by atoms with Gasteiger partial charge >= 0.3 is 0 Å². The van der Waals surface area contributed by atoms with Crippen LogP contribution in [0.15, 0.2) is 72.8 Å². The summed E-state index contributed by atoms with van der Waals surface area (Å²) in [6.45, 7) is 7.98. The number of aromatic hydroxyl groups is 4. The van der Waals surface area contributed by atoms with Crippen LogP contribution < -0.4 is 0 Å². The van der Waals surface area contributed by atoms with Gasteiger partial charge in [0.2, 0.25) is 0 Å². The molecule has 0 bridgehead atoms. The Morgan fingerprint density at radius 1 is 0.408 bits per heavy atom. The second kappa shape index (κ2) is 12.8. The molecule has 0 atom stereocenters. The molecule has 4 aromatic carbocycles. The fourth-order valence-corrected chi connectivity index (χ4v) is 10.9. The van der Waals surface area contributed by atoms with Crippen LogP contribution in [-0.2, 0) is 10.8 Å². The molecule has 4 N–H and O–H groups in total. The fraction of sp³-hybridized carbons (Fsp3) is 0.467. The molecule has 49 heavy (non-hydrogen) atoms. The summed E-state index contributed by atoms with van der Waals surface area (Å²) in [7, 11) is 0. The van der Waals surface area contributed by atoms with Crippen LogP contribution in [0.2, 0.25) is 0 Å². The van der Waals surface area contributed by atoms with Crippen LogP contribution in [0, 0.1) is 44.9 Å². The van der Waals surface area contributed by atoms with Gasteiger partial charge in [-0.3, -0.25) is 0 Å². The van der Waals surface area contributed by atoms with Gasteiger partial charge in [0.05, 0.1) is 0 Å². The number of aryl methyl sites for hydroxylation is 4. The van der Waals surface area contributed by atoms with Crippen molar-refractivity contribution in [2.75, 3.05) is 0 Å². The normalized spacial score (nSPS) is 20.7. The summed E-state index contributed by atoms with van der Waals surface area (Å²) < 4.78 is 0. The standard InChI is InChI=1S/C45H54O4/c1-29-25-35(7-11-39(29)46)44(36-8-12-40(47)30(2)26-36)21-15-33(16-22-44)43(19-5-6-20-43)34-17-23-45(24-18-34,37-9-13-41(48)31(3)27-37)38-10-14-42(49)32(4)28-38/h7-14,25-28,33-34,46-49H,5-6,15-24H2,1-4H3. The van der Waals surface area contributed by atoms with E-state index >= 15 is 0 Å². The van der Waals surface area contributed by atoms with Crippen molar-refractivity contribution < 1.29 is 20.4 Å². The molecule has 0 radical (unpaired) electrons. The summed E-state index contributed by atoms with van der Waals surface area (Å²) in [5.74, 6) is 2.75. The third-order valence-electron chi connectivity index (χ3n) is 13.8. The quantitative estimate of drug-likeness (QED) is 0.166. The SMILES string of the molecule is Cc1cc(C2(c3ccc(O)c(C)c3)CCC(C3(C4CCC(c5ccc(O)c(C)c5)(c5ccc(O)c(C)c5)CC4)CCCC3)CC2)ccc1O. The molecule has 0 heterocycles. The first-order valence-electron chi connectivity index (χ1n) is 18.7. The van der Waals surface area contributed by atoms with Crippen molar-refractivity contribution in [3.8, 4) is 23.0 Å². The topological polar surface area (TPSA) is 80.9 Å². The maximum Gasteiger partial charge on any atom is 0.118 e.